The molecule has 2 aromatic rings. The van der Waals surface area contributed by atoms with Gasteiger partial charge in [0.1, 0.15) is 12.3 Å². The number of amides is 2. The number of nitrogens with one attached hydrogen (secondary N) is 2. The molecule has 0 atom stereocenters. The highest BCUT2D eigenvalue weighted by Gasteiger charge is 2.25. The molecule has 0 aliphatic heterocycles. The summed E-state index contributed by atoms with van der Waals surface area (Å²) in [5, 5.41) is 2.86. The van der Waals surface area contributed by atoms with E-state index in [2.05, 4.69) is 10.3 Å². The van der Waals surface area contributed by atoms with Gasteiger partial charge < -0.3 is 24.7 Å². The molecule has 162 valence electrons. The number of likely N-dealkylation sites (N-methyl/N-ethyl adjacent to an activating group) is 1. The number of carbonyl (C=O) groups excluding carboxylic acids is 3. The summed E-state index contributed by atoms with van der Waals surface area (Å²) in [6.45, 7) is 7.49. The largest absolute Gasteiger partial charge is 0.460 e. The van der Waals surface area contributed by atoms with Crippen LogP contribution in [-0.4, -0.2) is 61.6 Å². The number of hydrogen-bond donors (Lipinski definition) is 2. The predicted octanol–water partition coefficient (Wildman–Crippen LogP) is 2.76. The molecule has 0 unspecified atom stereocenters. The van der Waals surface area contributed by atoms with Crippen LogP contribution in [0, 0.1) is 27.7 Å². The van der Waals surface area contributed by atoms with Gasteiger partial charge in [0.2, 0.25) is 5.91 Å². The molecular formula is C22H29N3O5. The summed E-state index contributed by atoms with van der Waals surface area (Å²) in [6.07, 6.45) is 0. The van der Waals surface area contributed by atoms with Crippen LogP contribution in [0.3, 0.4) is 0 Å². The average molecular weight is 415 g/mol. The summed E-state index contributed by atoms with van der Waals surface area (Å²) in [7, 11) is 3.06. The molecule has 1 heterocycles. The Morgan fingerprint density at radius 3 is 2.30 bits per heavy atom. The number of aromatic amines is 1. The SMILES string of the molecule is COCCOC(=O)c1c(C)[nH]c(C(=O)N(C)CC(=O)Nc2c(C)cccc2C)c1C. The van der Waals surface area contributed by atoms with Crippen LogP contribution >= 0.6 is 0 Å². The minimum absolute atomic E-state index is 0.126. The monoisotopic (exact) mass is 415 g/mol. The van der Waals surface area contributed by atoms with E-state index in [-0.39, 0.29) is 37.3 Å². The first-order chi connectivity index (χ1) is 14.2. The highest BCUT2D eigenvalue weighted by Crippen LogP contribution is 2.21. The lowest BCUT2D eigenvalue weighted by Crippen LogP contribution is -2.35. The van der Waals surface area contributed by atoms with Gasteiger partial charge in [-0.25, -0.2) is 4.79 Å². The van der Waals surface area contributed by atoms with E-state index in [9.17, 15) is 14.4 Å². The van der Waals surface area contributed by atoms with Crippen LogP contribution in [0.1, 0.15) is 43.2 Å². The summed E-state index contributed by atoms with van der Waals surface area (Å²) < 4.78 is 10.0. The van der Waals surface area contributed by atoms with Gasteiger partial charge in [-0.15, -0.1) is 0 Å². The molecule has 0 saturated heterocycles. The number of benzene rings is 1. The van der Waals surface area contributed by atoms with Crippen molar-refractivity contribution in [3.05, 3.63) is 51.8 Å². The molecule has 0 saturated carbocycles. The molecule has 0 fully saturated rings. The maximum atomic E-state index is 12.9. The number of ether oxygens (including phenoxy) is 2. The Morgan fingerprint density at radius 2 is 1.70 bits per heavy atom. The molecule has 1 aromatic heterocycles. The van der Waals surface area contributed by atoms with E-state index in [0.717, 1.165) is 16.8 Å². The maximum Gasteiger partial charge on any atom is 0.340 e. The van der Waals surface area contributed by atoms with Gasteiger partial charge in [-0.3, -0.25) is 9.59 Å². The first-order valence-electron chi connectivity index (χ1n) is 9.64. The Morgan fingerprint density at radius 1 is 1.07 bits per heavy atom. The minimum Gasteiger partial charge on any atom is -0.460 e. The van der Waals surface area contributed by atoms with Gasteiger partial charge in [0.15, 0.2) is 0 Å². The van der Waals surface area contributed by atoms with Gasteiger partial charge in [-0.2, -0.15) is 0 Å². The number of aromatic nitrogens is 1. The van der Waals surface area contributed by atoms with Crippen LogP contribution in [0.5, 0.6) is 0 Å². The maximum absolute atomic E-state index is 12.9. The molecule has 30 heavy (non-hydrogen) atoms. The molecule has 2 amide bonds. The summed E-state index contributed by atoms with van der Waals surface area (Å²) in [6, 6.07) is 5.75. The van der Waals surface area contributed by atoms with Crippen LogP contribution in [-0.2, 0) is 14.3 Å². The summed E-state index contributed by atoms with van der Waals surface area (Å²) >= 11 is 0. The van der Waals surface area contributed by atoms with Crippen molar-refractivity contribution in [2.24, 2.45) is 0 Å². The first-order valence-corrected chi connectivity index (χ1v) is 9.64. The topological polar surface area (TPSA) is 101 Å². The van der Waals surface area contributed by atoms with E-state index in [0.29, 0.717) is 16.8 Å². The molecule has 2 rings (SSSR count). The number of nitrogens with zero attached hydrogens (tertiary/aromatic N) is 1. The molecule has 8 nitrogen and oxygen atoms in total. The van der Waals surface area contributed by atoms with Crippen molar-refractivity contribution in [1.29, 1.82) is 0 Å². The zero-order valence-corrected chi connectivity index (χ0v) is 18.3. The predicted molar refractivity (Wildman–Crippen MR) is 114 cm³/mol. The first kappa shape index (κ1) is 23.2. The van der Waals surface area contributed by atoms with Crippen molar-refractivity contribution < 1.29 is 23.9 Å². The van der Waals surface area contributed by atoms with Crippen molar-refractivity contribution in [3.8, 4) is 0 Å². The fourth-order valence-corrected chi connectivity index (χ4v) is 3.23. The van der Waals surface area contributed by atoms with E-state index in [4.69, 9.17) is 9.47 Å². The van der Waals surface area contributed by atoms with Crippen molar-refractivity contribution in [2.75, 3.05) is 39.2 Å². The van der Waals surface area contributed by atoms with Gasteiger partial charge in [0.05, 0.1) is 18.7 Å². The van der Waals surface area contributed by atoms with Gasteiger partial charge >= 0.3 is 5.97 Å². The molecule has 0 aliphatic carbocycles. The second-order valence-corrected chi connectivity index (χ2v) is 7.23. The highest BCUT2D eigenvalue weighted by atomic mass is 16.6. The Labute approximate surface area is 176 Å². The standard InChI is InChI=1S/C22H29N3O5/c1-13-8-7-9-14(2)19(13)24-17(26)12-25(5)21(27)20-15(3)18(16(4)23-20)22(28)30-11-10-29-6/h7-9,23H,10-12H2,1-6H3,(H,24,26). The number of hydrogen-bond acceptors (Lipinski definition) is 5. The molecule has 2 N–H and O–H groups in total. The Bertz CT molecular complexity index is 928. The number of anilines is 1. The number of methoxy groups -OCH3 is 1. The normalized spacial score (nSPS) is 10.6. The van der Waals surface area contributed by atoms with Gasteiger partial charge in [0, 0.05) is 25.5 Å². The smallest absolute Gasteiger partial charge is 0.340 e. The van der Waals surface area contributed by atoms with Crippen molar-refractivity contribution in [1.82, 2.24) is 9.88 Å². The van der Waals surface area contributed by atoms with Crippen molar-refractivity contribution in [3.63, 3.8) is 0 Å². The van der Waals surface area contributed by atoms with E-state index in [1.165, 1.54) is 12.0 Å². The molecule has 8 heteroatoms. The molecule has 0 bridgehead atoms. The lowest BCUT2D eigenvalue weighted by Gasteiger charge is -2.18. The molecule has 0 spiro atoms. The minimum atomic E-state index is -0.521. The van der Waals surface area contributed by atoms with E-state index in [1.807, 2.05) is 32.0 Å². The van der Waals surface area contributed by atoms with Crippen LogP contribution in [0.25, 0.3) is 0 Å². The van der Waals surface area contributed by atoms with E-state index >= 15 is 0 Å². The van der Waals surface area contributed by atoms with Crippen LogP contribution in [0.4, 0.5) is 5.69 Å². The van der Waals surface area contributed by atoms with Crippen molar-refractivity contribution in [2.45, 2.75) is 27.7 Å². The highest BCUT2D eigenvalue weighted by molar-refractivity contribution is 6.02. The number of para-hydroxylation sites is 1. The van der Waals surface area contributed by atoms with E-state index < -0.39 is 5.97 Å². The lowest BCUT2D eigenvalue weighted by atomic mass is 10.1. The Hall–Kier alpha value is -3.13. The Kier molecular flexibility index (Phi) is 7.77. The molecule has 0 aliphatic rings. The average Bonchev–Trinajstić information content (AvgIpc) is 2.98. The summed E-state index contributed by atoms with van der Waals surface area (Å²) in [5.74, 6) is -1.21. The zero-order valence-electron chi connectivity index (χ0n) is 18.3. The summed E-state index contributed by atoms with van der Waals surface area (Å²) in [5.41, 5.74) is 4.25. The van der Waals surface area contributed by atoms with Gasteiger partial charge in [0.25, 0.3) is 5.91 Å². The van der Waals surface area contributed by atoms with Crippen molar-refractivity contribution >= 4 is 23.5 Å². The molecule has 1 aromatic carbocycles. The quantitative estimate of drug-likeness (QED) is 0.510. The lowest BCUT2D eigenvalue weighted by molar-refractivity contribution is -0.116. The van der Waals surface area contributed by atoms with Gasteiger partial charge in [-0.1, -0.05) is 18.2 Å². The third-order valence-electron chi connectivity index (χ3n) is 4.85. The Balaban J connectivity index is 2.10. The van der Waals surface area contributed by atoms with E-state index in [1.54, 1.807) is 20.9 Å². The second kappa shape index (κ2) is 10.1. The fourth-order valence-electron chi connectivity index (χ4n) is 3.23. The zero-order chi connectivity index (χ0) is 22.4. The van der Waals surface area contributed by atoms with Crippen LogP contribution in [0.2, 0.25) is 0 Å². The molecular weight excluding hydrogens is 386 g/mol. The van der Waals surface area contributed by atoms with Crippen LogP contribution in [0.15, 0.2) is 18.2 Å². The second-order valence-electron chi connectivity index (χ2n) is 7.23. The number of H-pyrrole nitrogens is 1. The van der Waals surface area contributed by atoms with Gasteiger partial charge in [-0.05, 0) is 44.4 Å². The number of aryl methyl sites for hydroxylation is 3. The number of esters is 1. The number of rotatable bonds is 8. The van der Waals surface area contributed by atoms with Crippen LogP contribution < -0.4 is 5.32 Å². The third kappa shape index (κ3) is 5.27. The summed E-state index contributed by atoms with van der Waals surface area (Å²) in [4.78, 5) is 41.9. The fraction of sp³-hybridized carbons (Fsp3) is 0.409. The molecule has 0 radical (unpaired) electrons. The number of carbonyl (C=O) groups is 3. The third-order valence-corrected chi connectivity index (χ3v) is 4.85.